The number of benzene rings is 1. The quantitative estimate of drug-likeness (QED) is 0.874. The van der Waals surface area contributed by atoms with Gasteiger partial charge in [0.25, 0.3) is 0 Å². The molecule has 3 fully saturated rings. The van der Waals surface area contributed by atoms with E-state index in [1.165, 1.54) is 17.5 Å². The molecule has 27 heavy (non-hydrogen) atoms. The van der Waals surface area contributed by atoms with Crippen LogP contribution < -0.4 is 5.32 Å². The minimum absolute atomic E-state index is 0.0485. The highest BCUT2D eigenvalue weighted by atomic mass is 16.2. The van der Waals surface area contributed by atoms with Crippen LogP contribution in [0.2, 0.25) is 0 Å². The molecule has 1 unspecified atom stereocenters. The first-order chi connectivity index (χ1) is 13.0. The van der Waals surface area contributed by atoms with Gasteiger partial charge < -0.3 is 10.2 Å². The highest BCUT2D eigenvalue weighted by molar-refractivity contribution is 5.83. The van der Waals surface area contributed by atoms with Gasteiger partial charge in [0.2, 0.25) is 11.8 Å². The largest absolute Gasteiger partial charge is 0.351 e. The van der Waals surface area contributed by atoms with E-state index in [1.807, 2.05) is 0 Å². The summed E-state index contributed by atoms with van der Waals surface area (Å²) in [6.07, 6.45) is 6.51. The fraction of sp³-hybridized carbons (Fsp3) is 0.652. The van der Waals surface area contributed by atoms with Crippen molar-refractivity contribution in [1.29, 1.82) is 0 Å². The smallest absolute Gasteiger partial charge is 0.225 e. The molecular formula is C23H32N2O2. The Kier molecular flexibility index (Phi) is 5.00. The van der Waals surface area contributed by atoms with Crippen LogP contribution in [0, 0.1) is 5.92 Å². The molecular weight excluding hydrogens is 336 g/mol. The molecule has 1 aromatic rings. The Morgan fingerprint density at radius 1 is 1.22 bits per heavy atom. The summed E-state index contributed by atoms with van der Waals surface area (Å²) < 4.78 is 0. The van der Waals surface area contributed by atoms with E-state index >= 15 is 0 Å². The Morgan fingerprint density at radius 2 is 1.89 bits per heavy atom. The molecule has 146 valence electrons. The molecule has 1 aromatic carbocycles. The molecule has 1 saturated carbocycles. The monoisotopic (exact) mass is 368 g/mol. The SMILES string of the molecule is CCC(C)c1ccc(C2CCN(C(=O)[C@H]3C[C@]4(CCC(=O)N4)C3)CC2)cc1. The Hall–Kier alpha value is -1.84. The summed E-state index contributed by atoms with van der Waals surface area (Å²) in [7, 11) is 0. The summed E-state index contributed by atoms with van der Waals surface area (Å²) in [5.41, 5.74) is 2.80. The first-order valence-electron chi connectivity index (χ1n) is 10.7. The van der Waals surface area contributed by atoms with Crippen LogP contribution >= 0.6 is 0 Å². The second-order valence-electron chi connectivity index (χ2n) is 9.01. The van der Waals surface area contributed by atoms with Crippen molar-refractivity contribution < 1.29 is 9.59 Å². The lowest BCUT2D eigenvalue weighted by atomic mass is 9.67. The lowest BCUT2D eigenvalue weighted by Gasteiger charge is -2.46. The van der Waals surface area contributed by atoms with E-state index in [2.05, 4.69) is 48.3 Å². The summed E-state index contributed by atoms with van der Waals surface area (Å²) in [5.74, 6) is 1.78. The zero-order chi connectivity index (χ0) is 19.0. The molecule has 4 rings (SSSR count). The van der Waals surface area contributed by atoms with Crippen LogP contribution in [-0.4, -0.2) is 35.3 Å². The third-order valence-corrected chi connectivity index (χ3v) is 7.25. The van der Waals surface area contributed by atoms with E-state index in [1.54, 1.807) is 0 Å². The number of piperidine rings is 1. The average molecular weight is 369 g/mol. The second-order valence-corrected chi connectivity index (χ2v) is 9.01. The van der Waals surface area contributed by atoms with Gasteiger partial charge in [0, 0.05) is 31.0 Å². The number of nitrogens with one attached hydrogen (secondary N) is 1. The molecule has 1 N–H and O–H groups in total. The van der Waals surface area contributed by atoms with E-state index < -0.39 is 0 Å². The first kappa shape index (κ1) is 18.5. The average Bonchev–Trinajstić information content (AvgIpc) is 3.08. The number of nitrogens with zero attached hydrogens (tertiary/aromatic N) is 1. The van der Waals surface area contributed by atoms with Gasteiger partial charge in [0.1, 0.15) is 0 Å². The van der Waals surface area contributed by atoms with E-state index in [-0.39, 0.29) is 17.4 Å². The molecule has 2 saturated heterocycles. The summed E-state index contributed by atoms with van der Waals surface area (Å²) in [4.78, 5) is 26.3. The second kappa shape index (κ2) is 7.29. The third-order valence-electron chi connectivity index (χ3n) is 7.25. The van der Waals surface area contributed by atoms with Crippen molar-refractivity contribution in [3.8, 4) is 0 Å². The van der Waals surface area contributed by atoms with Gasteiger partial charge in [0.15, 0.2) is 0 Å². The van der Waals surface area contributed by atoms with Crippen molar-refractivity contribution in [2.75, 3.05) is 13.1 Å². The lowest BCUT2D eigenvalue weighted by Crippen LogP contribution is -2.57. The van der Waals surface area contributed by atoms with Gasteiger partial charge in [-0.15, -0.1) is 0 Å². The Morgan fingerprint density at radius 3 is 2.44 bits per heavy atom. The van der Waals surface area contributed by atoms with Gasteiger partial charge in [-0.25, -0.2) is 0 Å². The zero-order valence-corrected chi connectivity index (χ0v) is 16.7. The van der Waals surface area contributed by atoms with Crippen molar-refractivity contribution in [2.24, 2.45) is 5.92 Å². The predicted octanol–water partition coefficient (Wildman–Crippen LogP) is 3.96. The van der Waals surface area contributed by atoms with Gasteiger partial charge in [-0.3, -0.25) is 9.59 Å². The van der Waals surface area contributed by atoms with Crippen molar-refractivity contribution in [1.82, 2.24) is 10.2 Å². The number of hydrogen-bond donors (Lipinski definition) is 1. The van der Waals surface area contributed by atoms with Gasteiger partial charge in [0.05, 0.1) is 0 Å². The van der Waals surface area contributed by atoms with Crippen LogP contribution in [0.3, 0.4) is 0 Å². The molecule has 0 radical (unpaired) electrons. The molecule has 3 aliphatic rings. The summed E-state index contributed by atoms with van der Waals surface area (Å²) >= 11 is 0. The minimum Gasteiger partial charge on any atom is -0.351 e. The van der Waals surface area contributed by atoms with Gasteiger partial charge >= 0.3 is 0 Å². The van der Waals surface area contributed by atoms with Crippen LogP contribution in [-0.2, 0) is 9.59 Å². The molecule has 0 aromatic heterocycles. The Bertz CT molecular complexity index is 698. The van der Waals surface area contributed by atoms with Gasteiger partial charge in [-0.05, 0) is 61.5 Å². The van der Waals surface area contributed by atoms with Crippen LogP contribution in [0.1, 0.15) is 81.8 Å². The molecule has 0 bridgehead atoms. The predicted molar refractivity (Wildman–Crippen MR) is 107 cm³/mol. The van der Waals surface area contributed by atoms with Crippen molar-refractivity contribution in [3.63, 3.8) is 0 Å². The number of amides is 2. The van der Waals surface area contributed by atoms with E-state index in [9.17, 15) is 9.59 Å². The minimum atomic E-state index is -0.0485. The molecule has 1 atom stereocenters. The first-order valence-corrected chi connectivity index (χ1v) is 10.7. The maximum absolute atomic E-state index is 12.8. The molecule has 4 nitrogen and oxygen atoms in total. The number of carbonyl (C=O) groups excluding carboxylic acids is 2. The van der Waals surface area contributed by atoms with E-state index in [0.29, 0.717) is 24.2 Å². The maximum Gasteiger partial charge on any atom is 0.225 e. The Labute approximate surface area is 162 Å². The highest BCUT2D eigenvalue weighted by Crippen LogP contribution is 2.45. The van der Waals surface area contributed by atoms with Crippen molar-refractivity contribution in [3.05, 3.63) is 35.4 Å². The van der Waals surface area contributed by atoms with Crippen LogP contribution in [0.15, 0.2) is 24.3 Å². The van der Waals surface area contributed by atoms with Crippen LogP contribution in [0.4, 0.5) is 0 Å². The standard InChI is InChI=1S/C23H32N2O2/c1-3-16(2)17-4-6-18(7-5-17)19-9-12-25(13-10-19)22(27)20-14-23(15-20)11-8-21(26)24-23/h4-7,16,19-20H,3,8-15H2,1-2H3,(H,24,26)/t16?,20-,23+. The number of carbonyl (C=O) groups is 2. The number of rotatable bonds is 4. The van der Waals surface area contributed by atoms with Gasteiger partial charge in [-0.1, -0.05) is 38.1 Å². The Balaban J connectivity index is 1.28. The number of hydrogen-bond acceptors (Lipinski definition) is 2. The number of likely N-dealkylation sites (tertiary alicyclic amines) is 1. The molecule has 1 aliphatic carbocycles. The molecule has 1 spiro atoms. The van der Waals surface area contributed by atoms with Gasteiger partial charge in [-0.2, -0.15) is 0 Å². The summed E-state index contributed by atoms with van der Waals surface area (Å²) in [6, 6.07) is 9.15. The molecule has 2 aliphatic heterocycles. The normalized spacial score (nSPS) is 29.5. The summed E-state index contributed by atoms with van der Waals surface area (Å²) in [5, 5.41) is 3.09. The fourth-order valence-electron chi connectivity index (χ4n) is 5.16. The maximum atomic E-state index is 12.8. The lowest BCUT2D eigenvalue weighted by molar-refractivity contribution is -0.142. The van der Waals surface area contributed by atoms with Crippen LogP contribution in [0.25, 0.3) is 0 Å². The molecule has 2 amide bonds. The fourth-order valence-corrected chi connectivity index (χ4v) is 5.16. The van der Waals surface area contributed by atoms with Crippen LogP contribution in [0.5, 0.6) is 0 Å². The zero-order valence-electron chi connectivity index (χ0n) is 16.7. The topological polar surface area (TPSA) is 49.4 Å². The molecule has 2 heterocycles. The highest BCUT2D eigenvalue weighted by Gasteiger charge is 2.51. The van der Waals surface area contributed by atoms with Crippen molar-refractivity contribution >= 4 is 11.8 Å². The van der Waals surface area contributed by atoms with E-state index in [0.717, 1.165) is 45.2 Å². The summed E-state index contributed by atoms with van der Waals surface area (Å²) in [6.45, 7) is 6.25. The van der Waals surface area contributed by atoms with Crippen molar-refractivity contribution in [2.45, 2.75) is 76.2 Å². The van der Waals surface area contributed by atoms with E-state index in [4.69, 9.17) is 0 Å². The molecule has 4 heteroatoms. The third kappa shape index (κ3) is 3.63.